The molecule has 7 heteroatoms. The Labute approximate surface area is 180 Å². The van der Waals surface area contributed by atoms with Crippen LogP contribution in [0.4, 0.5) is 5.69 Å². The summed E-state index contributed by atoms with van der Waals surface area (Å²) in [5.41, 5.74) is 2.66. The van der Waals surface area contributed by atoms with Crippen LogP contribution in [0.25, 0.3) is 5.57 Å². The van der Waals surface area contributed by atoms with Crippen molar-refractivity contribution >= 4 is 46.3 Å². The van der Waals surface area contributed by atoms with E-state index in [1.807, 2.05) is 45.0 Å². The summed E-state index contributed by atoms with van der Waals surface area (Å²) in [7, 11) is 0. The molecule has 1 aliphatic heterocycles. The van der Waals surface area contributed by atoms with Crippen molar-refractivity contribution in [3.8, 4) is 0 Å². The molecule has 5 nitrogen and oxygen atoms in total. The van der Waals surface area contributed by atoms with Crippen LogP contribution in [0.3, 0.4) is 0 Å². The number of nitrogens with zero attached hydrogens (tertiary/aromatic N) is 1. The van der Waals surface area contributed by atoms with Gasteiger partial charge in [-0.1, -0.05) is 47.0 Å². The molecule has 0 unspecified atom stereocenters. The largest absolute Gasteiger partial charge is 0.377 e. The van der Waals surface area contributed by atoms with E-state index < -0.39 is 11.8 Å². The predicted molar refractivity (Wildman–Crippen MR) is 116 cm³/mol. The molecule has 0 radical (unpaired) electrons. The van der Waals surface area contributed by atoms with E-state index >= 15 is 0 Å². The van der Waals surface area contributed by atoms with Crippen LogP contribution in [0, 0.1) is 6.92 Å². The van der Waals surface area contributed by atoms with Crippen LogP contribution < -0.4 is 5.32 Å². The summed E-state index contributed by atoms with van der Waals surface area (Å²) in [6.45, 7) is 6.19. The van der Waals surface area contributed by atoms with Gasteiger partial charge in [0.25, 0.3) is 11.8 Å². The predicted octanol–water partition coefficient (Wildman–Crippen LogP) is 4.92. The average molecular weight is 433 g/mol. The van der Waals surface area contributed by atoms with Crippen molar-refractivity contribution in [3.63, 3.8) is 0 Å². The number of ether oxygens (including phenoxy) is 1. The number of carbonyl (C=O) groups is 2. The topological polar surface area (TPSA) is 58.6 Å². The summed E-state index contributed by atoms with van der Waals surface area (Å²) in [5, 5.41) is 3.86. The molecule has 1 aliphatic rings. The lowest BCUT2D eigenvalue weighted by Gasteiger charge is -2.16. The smallest absolute Gasteiger partial charge is 0.278 e. The first-order valence-corrected chi connectivity index (χ1v) is 10.0. The minimum atomic E-state index is -0.416. The number of carbonyl (C=O) groups excluding carboxylic acids is 2. The molecule has 0 saturated heterocycles. The maximum absolute atomic E-state index is 13.1. The summed E-state index contributed by atoms with van der Waals surface area (Å²) in [5.74, 6) is -0.829. The lowest BCUT2D eigenvalue weighted by Crippen LogP contribution is -2.35. The molecule has 0 saturated carbocycles. The molecule has 29 heavy (non-hydrogen) atoms. The highest BCUT2D eigenvalue weighted by molar-refractivity contribution is 6.41. The molecule has 0 aromatic heterocycles. The van der Waals surface area contributed by atoms with Crippen LogP contribution in [0.5, 0.6) is 0 Å². The summed E-state index contributed by atoms with van der Waals surface area (Å²) in [6, 6.07) is 12.4. The monoisotopic (exact) mass is 432 g/mol. The highest BCUT2D eigenvalue weighted by Crippen LogP contribution is 2.35. The zero-order chi connectivity index (χ0) is 21.1. The van der Waals surface area contributed by atoms with Gasteiger partial charge in [0.05, 0.1) is 29.9 Å². The van der Waals surface area contributed by atoms with Crippen molar-refractivity contribution < 1.29 is 14.3 Å². The molecule has 3 rings (SSSR count). The van der Waals surface area contributed by atoms with E-state index in [1.54, 1.807) is 18.2 Å². The minimum absolute atomic E-state index is 0.00565. The van der Waals surface area contributed by atoms with Crippen LogP contribution in [0.15, 0.2) is 48.2 Å². The number of anilines is 1. The van der Waals surface area contributed by atoms with Gasteiger partial charge in [-0.15, -0.1) is 0 Å². The van der Waals surface area contributed by atoms with Gasteiger partial charge in [-0.3, -0.25) is 14.5 Å². The fourth-order valence-electron chi connectivity index (χ4n) is 3.00. The zero-order valence-electron chi connectivity index (χ0n) is 16.5. The molecule has 1 N–H and O–H groups in total. The van der Waals surface area contributed by atoms with E-state index in [1.165, 1.54) is 4.90 Å². The normalized spacial score (nSPS) is 14.3. The van der Waals surface area contributed by atoms with Gasteiger partial charge < -0.3 is 10.1 Å². The number of benzene rings is 2. The van der Waals surface area contributed by atoms with Gasteiger partial charge in [0.2, 0.25) is 0 Å². The summed E-state index contributed by atoms with van der Waals surface area (Å²) in [4.78, 5) is 27.4. The molecule has 2 aromatic carbocycles. The molecule has 2 aromatic rings. The molecule has 2 amide bonds. The van der Waals surface area contributed by atoms with Crippen molar-refractivity contribution in [3.05, 3.63) is 69.3 Å². The van der Waals surface area contributed by atoms with Crippen LogP contribution in [0.1, 0.15) is 25.0 Å². The van der Waals surface area contributed by atoms with Gasteiger partial charge in [-0.05, 0) is 45.0 Å². The van der Waals surface area contributed by atoms with E-state index in [9.17, 15) is 9.59 Å². The van der Waals surface area contributed by atoms with Gasteiger partial charge >= 0.3 is 0 Å². The summed E-state index contributed by atoms with van der Waals surface area (Å²) >= 11 is 12.4. The summed E-state index contributed by atoms with van der Waals surface area (Å²) < 4.78 is 5.52. The van der Waals surface area contributed by atoms with Crippen LogP contribution in [-0.4, -0.2) is 36.0 Å². The van der Waals surface area contributed by atoms with Crippen LogP contribution in [-0.2, 0) is 14.3 Å². The van der Waals surface area contributed by atoms with Crippen LogP contribution in [0.2, 0.25) is 10.0 Å². The average Bonchev–Trinajstić information content (AvgIpc) is 2.88. The second-order valence-electron chi connectivity index (χ2n) is 7.05. The number of aryl methyl sites for hydroxylation is 1. The number of nitrogens with one attached hydrogen (secondary N) is 1. The van der Waals surface area contributed by atoms with E-state index in [4.69, 9.17) is 27.9 Å². The molecule has 0 aliphatic carbocycles. The van der Waals surface area contributed by atoms with Gasteiger partial charge in [-0.25, -0.2) is 0 Å². The van der Waals surface area contributed by atoms with E-state index in [2.05, 4.69) is 5.32 Å². The highest BCUT2D eigenvalue weighted by atomic mass is 35.5. The zero-order valence-corrected chi connectivity index (χ0v) is 18.0. The maximum atomic E-state index is 13.1. The molecule has 0 bridgehead atoms. The number of imide groups is 1. The molecule has 1 heterocycles. The Hall–Kier alpha value is -2.34. The second kappa shape index (κ2) is 8.99. The Kier molecular flexibility index (Phi) is 6.63. The SMILES string of the molecule is Cc1ccc(NC2=C(c3ccc(Cl)cc3Cl)C(=O)N(CCOC(C)C)C2=O)cc1. The molecule has 0 spiro atoms. The molecule has 0 fully saturated rings. The van der Waals surface area contributed by atoms with Gasteiger partial charge in [-0.2, -0.15) is 0 Å². The lowest BCUT2D eigenvalue weighted by atomic mass is 10.0. The Bertz CT molecular complexity index is 969. The Balaban J connectivity index is 2.00. The number of hydrogen-bond acceptors (Lipinski definition) is 4. The summed E-state index contributed by atoms with van der Waals surface area (Å²) in [6.07, 6.45) is 0.00565. The van der Waals surface area contributed by atoms with E-state index in [0.717, 1.165) is 5.56 Å². The van der Waals surface area contributed by atoms with Gasteiger partial charge in [0.1, 0.15) is 5.70 Å². The Morgan fingerprint density at radius 1 is 1.03 bits per heavy atom. The third-order valence-electron chi connectivity index (χ3n) is 4.46. The fraction of sp³-hybridized carbons (Fsp3) is 0.273. The van der Waals surface area contributed by atoms with E-state index in [-0.39, 0.29) is 30.5 Å². The number of halogens is 2. The van der Waals surface area contributed by atoms with Crippen molar-refractivity contribution in [2.24, 2.45) is 0 Å². The quantitative estimate of drug-likeness (QED) is 0.630. The Morgan fingerprint density at radius 3 is 2.34 bits per heavy atom. The Morgan fingerprint density at radius 2 is 1.72 bits per heavy atom. The molecular formula is C22H22Cl2N2O3. The standard InChI is InChI=1S/C22H22Cl2N2O3/c1-13(2)29-11-10-26-21(27)19(17-9-6-15(23)12-18(17)24)20(22(26)28)25-16-7-4-14(3)5-8-16/h4-9,12-13,25H,10-11H2,1-3H3. The fourth-order valence-corrected chi connectivity index (χ4v) is 3.50. The number of rotatable bonds is 7. The third-order valence-corrected chi connectivity index (χ3v) is 5.00. The number of amides is 2. The first-order chi connectivity index (χ1) is 13.8. The molecule has 152 valence electrons. The molecule has 0 atom stereocenters. The highest BCUT2D eigenvalue weighted by Gasteiger charge is 2.39. The first kappa shape index (κ1) is 21.4. The number of hydrogen-bond donors (Lipinski definition) is 1. The maximum Gasteiger partial charge on any atom is 0.278 e. The van der Waals surface area contributed by atoms with E-state index in [0.29, 0.717) is 21.3 Å². The van der Waals surface area contributed by atoms with Crippen molar-refractivity contribution in [2.45, 2.75) is 26.9 Å². The molecular weight excluding hydrogens is 411 g/mol. The second-order valence-corrected chi connectivity index (χ2v) is 7.89. The lowest BCUT2D eigenvalue weighted by molar-refractivity contribution is -0.137. The van der Waals surface area contributed by atoms with Crippen molar-refractivity contribution in [2.75, 3.05) is 18.5 Å². The third kappa shape index (κ3) is 4.81. The van der Waals surface area contributed by atoms with Crippen LogP contribution >= 0.6 is 23.2 Å². The van der Waals surface area contributed by atoms with Gasteiger partial charge in [0.15, 0.2) is 0 Å². The first-order valence-electron chi connectivity index (χ1n) is 9.29. The minimum Gasteiger partial charge on any atom is -0.377 e. The van der Waals surface area contributed by atoms with Crippen molar-refractivity contribution in [1.82, 2.24) is 4.90 Å². The van der Waals surface area contributed by atoms with Crippen molar-refractivity contribution in [1.29, 1.82) is 0 Å². The van der Waals surface area contributed by atoms with Gasteiger partial charge in [0, 0.05) is 16.3 Å².